The van der Waals surface area contributed by atoms with Crippen LogP contribution in [0.15, 0.2) is 55.2 Å². The Hall–Kier alpha value is -4.34. The van der Waals surface area contributed by atoms with Gasteiger partial charge < -0.3 is 14.6 Å². The maximum atomic E-state index is 10.8. The van der Waals surface area contributed by atoms with Crippen molar-refractivity contribution in [3.63, 3.8) is 0 Å². The Morgan fingerprint density at radius 3 is 2.69 bits per heavy atom. The first-order valence-electron chi connectivity index (χ1n) is 9.86. The fraction of sp³-hybridized carbons (Fsp3) is 0.182. The maximum absolute atomic E-state index is 10.8. The summed E-state index contributed by atoms with van der Waals surface area (Å²) in [5.74, 6) is 1.03. The third-order valence-electron chi connectivity index (χ3n) is 5.16. The molecule has 0 amide bonds. The molecule has 162 valence electrons. The van der Waals surface area contributed by atoms with Crippen LogP contribution in [0.1, 0.15) is 5.69 Å². The fourth-order valence-electron chi connectivity index (χ4n) is 3.58. The van der Waals surface area contributed by atoms with E-state index in [1.807, 2.05) is 43.7 Å². The van der Waals surface area contributed by atoms with Crippen LogP contribution >= 0.6 is 0 Å². The van der Waals surface area contributed by atoms with Crippen LogP contribution in [0.5, 0.6) is 17.5 Å². The van der Waals surface area contributed by atoms with Crippen molar-refractivity contribution < 1.29 is 14.6 Å². The van der Waals surface area contributed by atoms with Crippen LogP contribution in [-0.4, -0.2) is 53.4 Å². The van der Waals surface area contributed by atoms with Gasteiger partial charge in [-0.25, -0.2) is 9.97 Å². The van der Waals surface area contributed by atoms with Gasteiger partial charge in [0.2, 0.25) is 5.88 Å². The van der Waals surface area contributed by atoms with Crippen molar-refractivity contribution >= 4 is 10.9 Å². The molecule has 0 unspecified atom stereocenters. The fourth-order valence-corrected chi connectivity index (χ4v) is 3.58. The first-order chi connectivity index (χ1) is 15.6. The van der Waals surface area contributed by atoms with Gasteiger partial charge in [0.1, 0.15) is 0 Å². The summed E-state index contributed by atoms with van der Waals surface area (Å²) in [6.45, 7) is 0.539. The molecule has 0 aromatic carbocycles. The van der Waals surface area contributed by atoms with E-state index in [4.69, 9.17) is 14.5 Å². The van der Waals surface area contributed by atoms with Gasteiger partial charge in [-0.2, -0.15) is 10.2 Å². The highest BCUT2D eigenvalue weighted by Crippen LogP contribution is 2.33. The molecule has 0 saturated heterocycles. The van der Waals surface area contributed by atoms with Crippen molar-refractivity contribution in [2.75, 3.05) is 14.2 Å². The van der Waals surface area contributed by atoms with Crippen LogP contribution in [-0.2, 0) is 13.6 Å². The Morgan fingerprint density at radius 1 is 1.06 bits per heavy atom. The van der Waals surface area contributed by atoms with Crippen LogP contribution in [0.4, 0.5) is 0 Å². The second-order valence-corrected chi connectivity index (χ2v) is 7.26. The number of aryl methyl sites for hydroxylation is 1. The lowest BCUT2D eigenvalue weighted by atomic mass is 10.1. The van der Waals surface area contributed by atoms with Gasteiger partial charge in [0.15, 0.2) is 5.75 Å². The number of ether oxygens (including phenoxy) is 2. The molecular weight excluding hydrogens is 410 g/mol. The number of hydrogen-bond donors (Lipinski definition) is 1. The van der Waals surface area contributed by atoms with Crippen molar-refractivity contribution in [3.8, 4) is 34.5 Å². The zero-order valence-corrected chi connectivity index (χ0v) is 17.8. The minimum absolute atomic E-state index is 0.0990. The third kappa shape index (κ3) is 3.41. The predicted molar refractivity (Wildman–Crippen MR) is 117 cm³/mol. The molecule has 10 heteroatoms. The van der Waals surface area contributed by atoms with Crippen molar-refractivity contribution in [2.45, 2.75) is 6.54 Å². The quantitative estimate of drug-likeness (QED) is 0.441. The molecule has 0 aliphatic rings. The number of rotatable bonds is 6. The Bertz CT molecular complexity index is 1420. The third-order valence-corrected chi connectivity index (χ3v) is 5.16. The van der Waals surface area contributed by atoms with Crippen molar-refractivity contribution in [2.24, 2.45) is 7.05 Å². The molecule has 0 bridgehead atoms. The summed E-state index contributed by atoms with van der Waals surface area (Å²) in [6.07, 6.45) is 8.90. The van der Waals surface area contributed by atoms with E-state index in [0.29, 0.717) is 34.8 Å². The van der Waals surface area contributed by atoms with Gasteiger partial charge >= 0.3 is 0 Å². The molecule has 32 heavy (non-hydrogen) atoms. The molecule has 0 spiro atoms. The normalized spacial score (nSPS) is 11.2. The number of hydrogen-bond acceptors (Lipinski definition) is 7. The summed E-state index contributed by atoms with van der Waals surface area (Å²) >= 11 is 0. The van der Waals surface area contributed by atoms with Gasteiger partial charge in [-0.15, -0.1) is 0 Å². The molecule has 10 nitrogen and oxygen atoms in total. The molecular formula is C22H21N7O3. The molecule has 0 aliphatic heterocycles. The zero-order chi connectivity index (χ0) is 22.2. The van der Waals surface area contributed by atoms with Crippen LogP contribution in [0.2, 0.25) is 0 Å². The minimum Gasteiger partial charge on any atom is -0.494 e. The van der Waals surface area contributed by atoms with E-state index >= 15 is 0 Å². The molecule has 0 aliphatic carbocycles. The van der Waals surface area contributed by atoms with Crippen LogP contribution < -0.4 is 9.47 Å². The monoisotopic (exact) mass is 431 g/mol. The molecule has 5 aromatic heterocycles. The Kier molecular flexibility index (Phi) is 4.74. The highest BCUT2D eigenvalue weighted by atomic mass is 16.5. The average Bonchev–Trinajstić information content (AvgIpc) is 3.52. The maximum Gasteiger partial charge on any atom is 0.256 e. The molecule has 0 saturated carbocycles. The SMILES string of the molecule is COc1cc(-c2ccc3c(O)n(-c4cnn(Cc5ccn(C)n5)c4)cc3n2)cnc1OC. The Morgan fingerprint density at radius 2 is 1.94 bits per heavy atom. The zero-order valence-electron chi connectivity index (χ0n) is 17.8. The lowest BCUT2D eigenvalue weighted by molar-refractivity contribution is 0.343. The minimum atomic E-state index is 0.0990. The highest BCUT2D eigenvalue weighted by Gasteiger charge is 2.15. The van der Waals surface area contributed by atoms with E-state index in [1.165, 1.54) is 0 Å². The predicted octanol–water partition coefficient (Wildman–Crippen LogP) is 2.79. The van der Waals surface area contributed by atoms with E-state index in [-0.39, 0.29) is 5.88 Å². The first kappa shape index (κ1) is 19.6. The van der Waals surface area contributed by atoms with Gasteiger partial charge in [-0.1, -0.05) is 0 Å². The largest absolute Gasteiger partial charge is 0.494 e. The standard InChI is InChI=1S/C22H21N7O3/c1-27-7-6-15(26-27)11-28-12-16(10-24-28)29-13-19-17(22(29)30)4-5-18(25-19)14-8-20(31-2)21(32-3)23-9-14/h4-10,12-13,30H,11H2,1-3H3. The van der Waals surface area contributed by atoms with Crippen molar-refractivity contribution in [1.82, 2.24) is 34.1 Å². The number of pyridine rings is 2. The number of fused-ring (bicyclic) bond motifs is 1. The topological polar surface area (TPSA) is 105 Å². The van der Waals surface area contributed by atoms with Crippen LogP contribution in [0, 0.1) is 0 Å². The second-order valence-electron chi connectivity index (χ2n) is 7.26. The van der Waals surface area contributed by atoms with Gasteiger partial charge in [0.05, 0.1) is 54.9 Å². The molecule has 1 N–H and O–H groups in total. The Balaban J connectivity index is 1.48. The van der Waals surface area contributed by atoms with Crippen LogP contribution in [0.3, 0.4) is 0 Å². The molecule has 0 atom stereocenters. The van der Waals surface area contributed by atoms with E-state index in [2.05, 4.69) is 15.2 Å². The number of methoxy groups -OCH3 is 2. The van der Waals surface area contributed by atoms with Crippen LogP contribution in [0.25, 0.3) is 27.8 Å². The van der Waals surface area contributed by atoms with Gasteiger partial charge in [-0.05, 0) is 24.3 Å². The average molecular weight is 431 g/mol. The summed E-state index contributed by atoms with van der Waals surface area (Å²) in [5.41, 5.74) is 3.76. The smallest absolute Gasteiger partial charge is 0.256 e. The van der Waals surface area contributed by atoms with Gasteiger partial charge in [-0.3, -0.25) is 13.9 Å². The molecule has 5 rings (SSSR count). The number of nitrogens with zero attached hydrogens (tertiary/aromatic N) is 7. The summed E-state index contributed by atoms with van der Waals surface area (Å²) in [5, 5.41) is 20.2. The summed E-state index contributed by atoms with van der Waals surface area (Å²) in [4.78, 5) is 8.98. The van der Waals surface area contributed by atoms with Crippen molar-refractivity contribution in [1.29, 1.82) is 0 Å². The number of aromatic nitrogens is 7. The molecule has 5 aromatic rings. The van der Waals surface area contributed by atoms with Crippen molar-refractivity contribution in [3.05, 3.63) is 60.9 Å². The Labute approximate surface area is 183 Å². The van der Waals surface area contributed by atoms with E-state index < -0.39 is 0 Å². The van der Waals surface area contributed by atoms with E-state index in [1.54, 1.807) is 46.7 Å². The summed E-state index contributed by atoms with van der Waals surface area (Å²) in [6, 6.07) is 7.42. The molecule has 0 radical (unpaired) electrons. The van der Waals surface area contributed by atoms with E-state index in [9.17, 15) is 5.11 Å². The number of aromatic hydroxyl groups is 1. The van der Waals surface area contributed by atoms with Gasteiger partial charge in [0, 0.05) is 37.4 Å². The second kappa shape index (κ2) is 7.73. The summed E-state index contributed by atoms with van der Waals surface area (Å²) < 4.78 is 15.7. The highest BCUT2D eigenvalue weighted by molar-refractivity contribution is 5.87. The van der Waals surface area contributed by atoms with Gasteiger partial charge in [0.25, 0.3) is 5.88 Å². The van der Waals surface area contributed by atoms with E-state index in [0.717, 1.165) is 16.9 Å². The first-order valence-corrected chi connectivity index (χ1v) is 9.86. The molecule has 0 fully saturated rings. The molecule has 5 heterocycles. The lowest BCUT2D eigenvalue weighted by Gasteiger charge is -2.08. The summed E-state index contributed by atoms with van der Waals surface area (Å²) in [7, 11) is 4.98. The lowest BCUT2D eigenvalue weighted by Crippen LogP contribution is -2.01.